The summed E-state index contributed by atoms with van der Waals surface area (Å²) in [6, 6.07) is 5.47. The standard InChI is InChI=1S/C10H14N2OS/c1-7-5-8(3-4-9(7)11)12-10(13)6-14-2/h3-5H,6,11H2,1-2H3,(H,12,13). The Kier molecular flexibility index (Phi) is 3.83. The van der Waals surface area contributed by atoms with Gasteiger partial charge in [0.25, 0.3) is 0 Å². The number of carbonyl (C=O) groups is 1. The maximum atomic E-state index is 11.2. The van der Waals surface area contributed by atoms with Crippen LogP contribution in [0, 0.1) is 6.92 Å². The summed E-state index contributed by atoms with van der Waals surface area (Å²) in [7, 11) is 0. The molecule has 76 valence electrons. The van der Waals surface area contributed by atoms with Crippen molar-refractivity contribution >= 4 is 29.0 Å². The number of nitrogens with two attached hydrogens (primary N) is 1. The highest BCUT2D eigenvalue weighted by Gasteiger charge is 2.01. The zero-order valence-corrected chi connectivity index (χ0v) is 9.15. The largest absolute Gasteiger partial charge is 0.399 e. The van der Waals surface area contributed by atoms with E-state index in [1.807, 2.05) is 19.2 Å². The molecular weight excluding hydrogens is 196 g/mol. The SMILES string of the molecule is CSCC(=O)Nc1ccc(N)c(C)c1. The van der Waals surface area contributed by atoms with Crippen LogP contribution in [0.25, 0.3) is 0 Å². The van der Waals surface area contributed by atoms with Gasteiger partial charge in [-0.15, -0.1) is 0 Å². The van der Waals surface area contributed by atoms with Crippen LogP contribution in [0.4, 0.5) is 11.4 Å². The number of hydrogen-bond donors (Lipinski definition) is 2. The van der Waals surface area contributed by atoms with Gasteiger partial charge in [-0.2, -0.15) is 11.8 Å². The Labute approximate surface area is 88.1 Å². The molecule has 3 N–H and O–H groups in total. The third-order valence-electron chi connectivity index (χ3n) is 1.83. The highest BCUT2D eigenvalue weighted by Crippen LogP contribution is 2.16. The van der Waals surface area contributed by atoms with Crippen LogP contribution in [0.1, 0.15) is 5.56 Å². The zero-order chi connectivity index (χ0) is 10.6. The number of hydrogen-bond acceptors (Lipinski definition) is 3. The second-order valence-corrected chi connectivity index (χ2v) is 3.92. The van der Waals surface area contributed by atoms with Crippen LogP contribution in [0.2, 0.25) is 0 Å². The average Bonchev–Trinajstić information content (AvgIpc) is 2.12. The summed E-state index contributed by atoms with van der Waals surface area (Å²) in [5.74, 6) is 0.491. The fraction of sp³-hybridized carbons (Fsp3) is 0.300. The van der Waals surface area contributed by atoms with Gasteiger partial charge in [0.05, 0.1) is 5.75 Å². The minimum absolute atomic E-state index is 0.0154. The summed E-state index contributed by atoms with van der Waals surface area (Å²) in [6.45, 7) is 1.92. The molecule has 0 heterocycles. The van der Waals surface area contributed by atoms with Gasteiger partial charge in [-0.3, -0.25) is 4.79 Å². The van der Waals surface area contributed by atoms with E-state index in [1.165, 1.54) is 11.8 Å². The molecular formula is C10H14N2OS. The second-order valence-electron chi connectivity index (χ2n) is 3.05. The lowest BCUT2D eigenvalue weighted by molar-refractivity contribution is -0.113. The smallest absolute Gasteiger partial charge is 0.234 e. The third-order valence-corrected chi connectivity index (χ3v) is 2.38. The summed E-state index contributed by atoms with van der Waals surface area (Å²) in [5, 5.41) is 2.80. The Morgan fingerprint density at radius 3 is 2.86 bits per heavy atom. The van der Waals surface area contributed by atoms with E-state index in [-0.39, 0.29) is 5.91 Å². The molecule has 0 radical (unpaired) electrons. The number of aryl methyl sites for hydroxylation is 1. The van der Waals surface area contributed by atoms with Crippen LogP contribution in [0.3, 0.4) is 0 Å². The van der Waals surface area contributed by atoms with Gasteiger partial charge in [-0.05, 0) is 36.9 Å². The predicted octanol–water partition coefficient (Wildman–Crippen LogP) is 1.88. The molecule has 3 nitrogen and oxygen atoms in total. The van der Waals surface area contributed by atoms with Gasteiger partial charge in [0.2, 0.25) is 5.91 Å². The molecule has 1 rings (SSSR count). The van der Waals surface area contributed by atoms with E-state index in [2.05, 4.69) is 5.32 Å². The van der Waals surface area contributed by atoms with Crippen LogP contribution in [0.15, 0.2) is 18.2 Å². The molecule has 4 heteroatoms. The molecule has 0 aromatic heterocycles. The van der Waals surface area contributed by atoms with E-state index in [1.54, 1.807) is 12.1 Å². The van der Waals surface area contributed by atoms with Gasteiger partial charge in [0.15, 0.2) is 0 Å². The van der Waals surface area contributed by atoms with Crippen molar-refractivity contribution in [1.29, 1.82) is 0 Å². The van der Waals surface area contributed by atoms with E-state index < -0.39 is 0 Å². The first-order valence-corrected chi connectivity index (χ1v) is 5.68. The number of rotatable bonds is 3. The fourth-order valence-corrected chi connectivity index (χ4v) is 1.42. The lowest BCUT2D eigenvalue weighted by atomic mass is 10.2. The zero-order valence-electron chi connectivity index (χ0n) is 8.33. The molecule has 0 saturated heterocycles. The maximum Gasteiger partial charge on any atom is 0.234 e. The van der Waals surface area contributed by atoms with Gasteiger partial charge >= 0.3 is 0 Å². The summed E-state index contributed by atoms with van der Waals surface area (Å²) < 4.78 is 0. The molecule has 1 aromatic rings. The molecule has 0 spiro atoms. The molecule has 0 saturated carbocycles. The Balaban J connectivity index is 2.68. The van der Waals surface area contributed by atoms with E-state index in [4.69, 9.17) is 5.73 Å². The van der Waals surface area contributed by atoms with E-state index in [9.17, 15) is 4.79 Å². The molecule has 0 aliphatic carbocycles. The van der Waals surface area contributed by atoms with Crippen molar-refractivity contribution in [1.82, 2.24) is 0 Å². The Morgan fingerprint density at radius 2 is 2.29 bits per heavy atom. The van der Waals surface area contributed by atoms with Crippen molar-refractivity contribution in [2.45, 2.75) is 6.92 Å². The van der Waals surface area contributed by atoms with Crippen LogP contribution in [-0.4, -0.2) is 17.9 Å². The van der Waals surface area contributed by atoms with Crippen molar-refractivity contribution in [2.24, 2.45) is 0 Å². The highest BCUT2D eigenvalue weighted by atomic mass is 32.2. The van der Waals surface area contributed by atoms with Gasteiger partial charge in [-0.1, -0.05) is 0 Å². The number of nitrogens with one attached hydrogen (secondary N) is 1. The van der Waals surface area contributed by atoms with Gasteiger partial charge < -0.3 is 11.1 Å². The molecule has 0 aliphatic rings. The molecule has 14 heavy (non-hydrogen) atoms. The number of carbonyl (C=O) groups excluding carboxylic acids is 1. The number of benzene rings is 1. The highest BCUT2D eigenvalue weighted by molar-refractivity contribution is 7.99. The summed E-state index contributed by atoms with van der Waals surface area (Å²) in [5.41, 5.74) is 8.19. The number of amides is 1. The Hall–Kier alpha value is -1.16. The van der Waals surface area contributed by atoms with Crippen LogP contribution in [0.5, 0.6) is 0 Å². The van der Waals surface area contributed by atoms with Crippen molar-refractivity contribution in [2.75, 3.05) is 23.1 Å². The van der Waals surface area contributed by atoms with Crippen molar-refractivity contribution < 1.29 is 4.79 Å². The summed E-state index contributed by atoms with van der Waals surface area (Å²) >= 11 is 1.50. The third kappa shape index (κ3) is 2.96. The molecule has 0 aliphatic heterocycles. The van der Waals surface area contributed by atoms with Crippen LogP contribution < -0.4 is 11.1 Å². The van der Waals surface area contributed by atoms with Crippen molar-refractivity contribution in [3.63, 3.8) is 0 Å². The maximum absolute atomic E-state index is 11.2. The number of thioether (sulfide) groups is 1. The van der Waals surface area contributed by atoms with Crippen molar-refractivity contribution in [3.05, 3.63) is 23.8 Å². The molecule has 1 amide bonds. The normalized spacial score (nSPS) is 9.86. The lowest BCUT2D eigenvalue weighted by Crippen LogP contribution is -2.13. The average molecular weight is 210 g/mol. The molecule has 0 atom stereocenters. The minimum Gasteiger partial charge on any atom is -0.399 e. The van der Waals surface area contributed by atoms with Crippen LogP contribution >= 0.6 is 11.8 Å². The summed E-state index contributed by atoms with van der Waals surface area (Å²) in [6.07, 6.45) is 1.90. The first kappa shape index (κ1) is 10.9. The first-order chi connectivity index (χ1) is 6.63. The van der Waals surface area contributed by atoms with Gasteiger partial charge in [0, 0.05) is 11.4 Å². The molecule has 0 fully saturated rings. The summed E-state index contributed by atoms with van der Waals surface area (Å²) in [4.78, 5) is 11.2. The Morgan fingerprint density at radius 1 is 1.57 bits per heavy atom. The van der Waals surface area contributed by atoms with E-state index >= 15 is 0 Å². The number of nitrogen functional groups attached to an aromatic ring is 1. The van der Waals surface area contributed by atoms with Crippen LogP contribution in [-0.2, 0) is 4.79 Å². The molecule has 0 bridgehead atoms. The van der Waals surface area contributed by atoms with E-state index in [0.717, 1.165) is 16.9 Å². The first-order valence-electron chi connectivity index (χ1n) is 4.28. The number of anilines is 2. The van der Waals surface area contributed by atoms with E-state index in [0.29, 0.717) is 5.75 Å². The lowest BCUT2D eigenvalue weighted by Gasteiger charge is -2.06. The van der Waals surface area contributed by atoms with Crippen molar-refractivity contribution in [3.8, 4) is 0 Å². The van der Waals surface area contributed by atoms with Gasteiger partial charge in [-0.25, -0.2) is 0 Å². The molecule has 0 unspecified atom stereocenters. The quantitative estimate of drug-likeness (QED) is 0.749. The van der Waals surface area contributed by atoms with Gasteiger partial charge in [0.1, 0.15) is 0 Å². The Bertz CT molecular complexity index is 339. The second kappa shape index (κ2) is 4.91. The molecule has 1 aromatic carbocycles. The minimum atomic E-state index is 0.0154. The fourth-order valence-electron chi connectivity index (χ4n) is 1.08. The predicted molar refractivity (Wildman–Crippen MR) is 62.6 cm³/mol. The monoisotopic (exact) mass is 210 g/mol. The topological polar surface area (TPSA) is 55.1 Å².